The molecule has 3 rings (SSSR count). The van der Waals surface area contributed by atoms with Gasteiger partial charge in [0.1, 0.15) is 0 Å². The van der Waals surface area contributed by atoms with Crippen molar-refractivity contribution in [2.24, 2.45) is 13.0 Å². The van der Waals surface area contributed by atoms with Crippen LogP contribution < -0.4 is 5.32 Å². The highest BCUT2D eigenvalue weighted by molar-refractivity contribution is 6.31. The van der Waals surface area contributed by atoms with Crippen LogP contribution in [0.4, 0.5) is 0 Å². The van der Waals surface area contributed by atoms with Crippen LogP contribution in [-0.2, 0) is 19.9 Å². The van der Waals surface area contributed by atoms with Crippen LogP contribution in [0.1, 0.15) is 35.5 Å². The Morgan fingerprint density at radius 3 is 2.81 bits per heavy atom. The van der Waals surface area contributed by atoms with Crippen molar-refractivity contribution in [3.63, 3.8) is 0 Å². The van der Waals surface area contributed by atoms with E-state index >= 15 is 0 Å². The molecule has 21 heavy (non-hydrogen) atoms. The molecule has 0 radical (unpaired) electrons. The summed E-state index contributed by atoms with van der Waals surface area (Å²) in [6.07, 6.45) is 2.07. The maximum absolute atomic E-state index is 6.42. The topological polar surface area (TPSA) is 29.9 Å². The fourth-order valence-corrected chi connectivity index (χ4v) is 3.75. The highest BCUT2D eigenvalue weighted by Crippen LogP contribution is 2.38. The first-order valence-electron chi connectivity index (χ1n) is 7.61. The number of nitrogens with one attached hydrogen (secondary N) is 1. The first-order chi connectivity index (χ1) is 10.1. The number of halogens is 1. The van der Waals surface area contributed by atoms with Crippen LogP contribution in [0.3, 0.4) is 0 Å². The predicted octanol–water partition coefficient (Wildman–Crippen LogP) is 3.45. The number of hydrogen-bond acceptors (Lipinski definition) is 2. The zero-order chi connectivity index (χ0) is 15.0. The van der Waals surface area contributed by atoms with E-state index in [0.717, 1.165) is 35.8 Å². The maximum Gasteiger partial charge on any atom is 0.0847 e. The molecule has 0 aliphatic heterocycles. The Morgan fingerprint density at radius 1 is 1.38 bits per heavy atom. The highest BCUT2D eigenvalue weighted by Gasteiger charge is 2.32. The number of benzene rings is 1. The summed E-state index contributed by atoms with van der Waals surface area (Å²) >= 11 is 6.42. The average Bonchev–Trinajstić information content (AvgIpc) is 2.93. The molecule has 4 heteroatoms. The van der Waals surface area contributed by atoms with Crippen molar-refractivity contribution in [3.8, 4) is 0 Å². The summed E-state index contributed by atoms with van der Waals surface area (Å²) in [5.41, 5.74) is 4.97. The van der Waals surface area contributed by atoms with Crippen molar-refractivity contribution in [1.82, 2.24) is 15.1 Å². The lowest BCUT2D eigenvalue weighted by Crippen LogP contribution is -2.27. The van der Waals surface area contributed by atoms with Crippen molar-refractivity contribution in [1.29, 1.82) is 0 Å². The van der Waals surface area contributed by atoms with Gasteiger partial charge in [-0.2, -0.15) is 5.10 Å². The van der Waals surface area contributed by atoms with E-state index in [1.54, 1.807) is 0 Å². The molecule has 2 atom stereocenters. The number of nitrogens with zero attached hydrogens (tertiary/aromatic N) is 2. The van der Waals surface area contributed by atoms with E-state index in [0.29, 0.717) is 12.0 Å². The van der Waals surface area contributed by atoms with Crippen molar-refractivity contribution < 1.29 is 0 Å². The van der Waals surface area contributed by atoms with Crippen LogP contribution in [0.2, 0.25) is 5.02 Å². The summed E-state index contributed by atoms with van der Waals surface area (Å²) in [6.45, 7) is 5.11. The van der Waals surface area contributed by atoms with E-state index in [2.05, 4.69) is 41.6 Å². The number of rotatable bonds is 4. The van der Waals surface area contributed by atoms with E-state index in [1.807, 2.05) is 18.7 Å². The average molecular weight is 304 g/mol. The highest BCUT2D eigenvalue weighted by atomic mass is 35.5. The Morgan fingerprint density at radius 2 is 2.14 bits per heavy atom. The van der Waals surface area contributed by atoms with Crippen LogP contribution in [-0.4, -0.2) is 16.3 Å². The second kappa shape index (κ2) is 5.82. The van der Waals surface area contributed by atoms with Gasteiger partial charge in [0.2, 0.25) is 0 Å². The minimum atomic E-state index is 0.414. The molecule has 0 spiro atoms. The maximum atomic E-state index is 6.42. The first-order valence-corrected chi connectivity index (χ1v) is 7.98. The van der Waals surface area contributed by atoms with Gasteiger partial charge in [0, 0.05) is 13.1 Å². The Bertz CT molecular complexity index is 647. The number of aromatic nitrogens is 2. The summed E-state index contributed by atoms with van der Waals surface area (Å²) in [5, 5.41) is 8.90. The third kappa shape index (κ3) is 2.60. The molecule has 112 valence electrons. The van der Waals surface area contributed by atoms with E-state index in [9.17, 15) is 0 Å². The van der Waals surface area contributed by atoms with E-state index in [4.69, 9.17) is 11.6 Å². The molecule has 1 N–H and O–H groups in total. The first kappa shape index (κ1) is 14.6. The van der Waals surface area contributed by atoms with Gasteiger partial charge in [0.15, 0.2) is 0 Å². The Labute approximate surface area is 131 Å². The Balaban J connectivity index is 1.89. The molecule has 0 bridgehead atoms. The van der Waals surface area contributed by atoms with Gasteiger partial charge >= 0.3 is 0 Å². The van der Waals surface area contributed by atoms with Crippen molar-refractivity contribution in [3.05, 3.63) is 51.8 Å². The second-order valence-corrected chi connectivity index (χ2v) is 6.25. The van der Waals surface area contributed by atoms with Gasteiger partial charge in [-0.3, -0.25) is 4.68 Å². The standard InChI is InChI=1S/C17H22ClN3/c1-4-19-17-13(9-12-7-5-6-8-14(12)17)10-15-16(18)11(2)20-21(15)3/h5-8,13,17,19H,4,9-10H2,1-3H3. The minimum Gasteiger partial charge on any atom is -0.310 e. The smallest absolute Gasteiger partial charge is 0.0847 e. The zero-order valence-corrected chi connectivity index (χ0v) is 13.6. The molecule has 1 aromatic heterocycles. The summed E-state index contributed by atoms with van der Waals surface area (Å²) in [6, 6.07) is 9.17. The molecule has 2 aromatic rings. The van der Waals surface area contributed by atoms with E-state index in [1.165, 1.54) is 11.1 Å². The minimum absolute atomic E-state index is 0.414. The molecule has 1 aromatic carbocycles. The largest absolute Gasteiger partial charge is 0.310 e. The molecule has 1 aliphatic carbocycles. The van der Waals surface area contributed by atoms with Gasteiger partial charge in [-0.05, 0) is 43.4 Å². The summed E-state index contributed by atoms with van der Waals surface area (Å²) in [4.78, 5) is 0. The lowest BCUT2D eigenvalue weighted by Gasteiger charge is -2.21. The van der Waals surface area contributed by atoms with Gasteiger partial charge in [0.05, 0.1) is 16.4 Å². The van der Waals surface area contributed by atoms with Crippen LogP contribution >= 0.6 is 11.6 Å². The van der Waals surface area contributed by atoms with Gasteiger partial charge in [-0.1, -0.05) is 42.8 Å². The third-order valence-electron chi connectivity index (χ3n) is 4.48. The molecule has 2 unspecified atom stereocenters. The van der Waals surface area contributed by atoms with Crippen LogP contribution in [0, 0.1) is 12.8 Å². The zero-order valence-electron chi connectivity index (χ0n) is 12.9. The third-order valence-corrected chi connectivity index (χ3v) is 4.98. The Hall–Kier alpha value is -1.32. The fraction of sp³-hybridized carbons (Fsp3) is 0.471. The van der Waals surface area contributed by atoms with E-state index < -0.39 is 0 Å². The second-order valence-electron chi connectivity index (χ2n) is 5.87. The molecule has 0 amide bonds. The van der Waals surface area contributed by atoms with Gasteiger partial charge < -0.3 is 5.32 Å². The summed E-state index contributed by atoms with van der Waals surface area (Å²) in [5.74, 6) is 0.537. The number of aryl methyl sites for hydroxylation is 2. The SMILES string of the molecule is CCNC1c2ccccc2CC1Cc1c(Cl)c(C)nn1C. The molecule has 1 aliphatic rings. The van der Waals surface area contributed by atoms with Crippen LogP contribution in [0.5, 0.6) is 0 Å². The van der Waals surface area contributed by atoms with Gasteiger partial charge in [-0.25, -0.2) is 0 Å². The molecule has 1 heterocycles. The summed E-state index contributed by atoms with van der Waals surface area (Å²) < 4.78 is 1.93. The normalized spacial score (nSPS) is 20.8. The van der Waals surface area contributed by atoms with Gasteiger partial charge in [-0.15, -0.1) is 0 Å². The molecule has 3 nitrogen and oxygen atoms in total. The van der Waals surface area contributed by atoms with Crippen LogP contribution in [0.15, 0.2) is 24.3 Å². The van der Waals surface area contributed by atoms with E-state index in [-0.39, 0.29) is 0 Å². The van der Waals surface area contributed by atoms with Crippen molar-refractivity contribution in [2.45, 2.75) is 32.7 Å². The van der Waals surface area contributed by atoms with Crippen LogP contribution in [0.25, 0.3) is 0 Å². The molecular weight excluding hydrogens is 282 g/mol. The summed E-state index contributed by atoms with van der Waals surface area (Å²) in [7, 11) is 1.98. The molecule has 0 saturated heterocycles. The lowest BCUT2D eigenvalue weighted by molar-refractivity contribution is 0.386. The van der Waals surface area contributed by atoms with Gasteiger partial charge in [0.25, 0.3) is 0 Å². The molecule has 0 fully saturated rings. The fourth-order valence-electron chi connectivity index (χ4n) is 3.51. The molecular formula is C17H22ClN3. The predicted molar refractivity (Wildman–Crippen MR) is 86.7 cm³/mol. The quantitative estimate of drug-likeness (QED) is 0.937. The number of hydrogen-bond donors (Lipinski definition) is 1. The van der Waals surface area contributed by atoms with Crippen molar-refractivity contribution >= 4 is 11.6 Å². The number of fused-ring (bicyclic) bond motifs is 1. The lowest BCUT2D eigenvalue weighted by atomic mass is 9.95. The molecule has 0 saturated carbocycles. The van der Waals surface area contributed by atoms with Crippen molar-refractivity contribution in [2.75, 3.05) is 6.54 Å². The monoisotopic (exact) mass is 303 g/mol. The Kier molecular flexibility index (Phi) is 4.05.